The topological polar surface area (TPSA) is 15.3 Å². The fraction of sp³-hybridized carbons (Fsp3) is 1.00. The van der Waals surface area contributed by atoms with E-state index >= 15 is 0 Å². The Hall–Kier alpha value is -0.0800. The number of hydrogen-bond acceptors (Lipinski definition) is 2. The number of likely N-dealkylation sites (tertiary alicyclic amines) is 1. The van der Waals surface area contributed by atoms with Crippen molar-refractivity contribution in [2.75, 3.05) is 33.2 Å². The maximum atomic E-state index is 3.50. The smallest absolute Gasteiger partial charge is 0.00501 e. The van der Waals surface area contributed by atoms with E-state index in [0.29, 0.717) is 5.41 Å². The minimum atomic E-state index is 0.561. The molecule has 124 valence electrons. The van der Waals surface area contributed by atoms with Gasteiger partial charge in [0.05, 0.1) is 0 Å². The minimum Gasteiger partial charge on any atom is -0.319 e. The lowest BCUT2D eigenvalue weighted by atomic mass is 9.70. The van der Waals surface area contributed by atoms with E-state index in [9.17, 15) is 0 Å². The molecule has 1 heterocycles. The van der Waals surface area contributed by atoms with Crippen molar-refractivity contribution in [3.05, 3.63) is 0 Å². The third kappa shape index (κ3) is 5.25. The summed E-state index contributed by atoms with van der Waals surface area (Å²) in [6.45, 7) is 10.0. The van der Waals surface area contributed by atoms with Crippen molar-refractivity contribution in [1.29, 1.82) is 0 Å². The van der Waals surface area contributed by atoms with E-state index in [0.717, 1.165) is 11.8 Å². The summed E-state index contributed by atoms with van der Waals surface area (Å²) in [7, 11) is 2.14. The predicted molar refractivity (Wildman–Crippen MR) is 92.7 cm³/mol. The Morgan fingerprint density at radius 2 is 1.86 bits per heavy atom. The van der Waals surface area contributed by atoms with Crippen LogP contribution in [-0.4, -0.2) is 38.1 Å². The fourth-order valence-corrected chi connectivity index (χ4v) is 4.69. The van der Waals surface area contributed by atoms with Crippen LogP contribution >= 0.6 is 0 Å². The molecule has 0 aromatic carbocycles. The minimum absolute atomic E-state index is 0.561. The van der Waals surface area contributed by atoms with Gasteiger partial charge < -0.3 is 10.2 Å². The van der Waals surface area contributed by atoms with Crippen LogP contribution < -0.4 is 5.32 Å². The summed E-state index contributed by atoms with van der Waals surface area (Å²) in [4.78, 5) is 2.81. The number of rotatable bonds is 6. The van der Waals surface area contributed by atoms with Gasteiger partial charge in [0.1, 0.15) is 0 Å². The van der Waals surface area contributed by atoms with Crippen molar-refractivity contribution in [3.8, 4) is 0 Å². The molecule has 2 heteroatoms. The summed E-state index contributed by atoms with van der Waals surface area (Å²) < 4.78 is 0. The van der Waals surface area contributed by atoms with Crippen LogP contribution in [0, 0.1) is 17.3 Å². The second-order valence-corrected chi connectivity index (χ2v) is 8.07. The Kier molecular flexibility index (Phi) is 7.01. The fourth-order valence-electron chi connectivity index (χ4n) is 4.69. The molecule has 2 nitrogen and oxygen atoms in total. The van der Waals surface area contributed by atoms with Gasteiger partial charge in [-0.25, -0.2) is 0 Å². The van der Waals surface area contributed by atoms with Gasteiger partial charge in [-0.2, -0.15) is 0 Å². The molecule has 1 N–H and O–H groups in total. The molecule has 1 unspecified atom stereocenters. The van der Waals surface area contributed by atoms with Gasteiger partial charge in [-0.3, -0.25) is 0 Å². The van der Waals surface area contributed by atoms with Gasteiger partial charge in [0.15, 0.2) is 0 Å². The molecule has 0 radical (unpaired) electrons. The molecule has 0 bridgehead atoms. The first-order valence-electron chi connectivity index (χ1n) is 9.54. The molecule has 0 aromatic rings. The molecule has 0 amide bonds. The Balaban J connectivity index is 1.88. The number of nitrogens with zero attached hydrogens (tertiary/aromatic N) is 1. The zero-order chi connectivity index (χ0) is 15.1. The van der Waals surface area contributed by atoms with Crippen molar-refractivity contribution < 1.29 is 0 Å². The molecule has 1 aliphatic heterocycles. The lowest BCUT2D eigenvalue weighted by Crippen LogP contribution is -2.45. The molecule has 1 atom stereocenters. The number of nitrogens with one attached hydrogen (secondary N) is 1. The van der Waals surface area contributed by atoms with Gasteiger partial charge in [-0.1, -0.05) is 39.5 Å². The quantitative estimate of drug-likeness (QED) is 0.785. The Labute approximate surface area is 133 Å². The summed E-state index contributed by atoms with van der Waals surface area (Å²) >= 11 is 0. The second kappa shape index (κ2) is 8.53. The van der Waals surface area contributed by atoms with E-state index < -0.39 is 0 Å². The third-order valence-corrected chi connectivity index (χ3v) is 6.08. The van der Waals surface area contributed by atoms with E-state index in [4.69, 9.17) is 0 Å². The van der Waals surface area contributed by atoms with Gasteiger partial charge in [0, 0.05) is 13.1 Å². The predicted octanol–water partition coefficient (Wildman–Crippen LogP) is 4.30. The monoisotopic (exact) mass is 294 g/mol. The first-order chi connectivity index (χ1) is 10.2. The molecule has 1 saturated carbocycles. The summed E-state index contributed by atoms with van der Waals surface area (Å²) in [6.07, 6.45) is 12.9. The Bertz CT molecular complexity index is 281. The van der Waals surface area contributed by atoms with Crippen LogP contribution in [0.4, 0.5) is 0 Å². The van der Waals surface area contributed by atoms with Crippen molar-refractivity contribution in [2.24, 2.45) is 17.3 Å². The Morgan fingerprint density at radius 1 is 1.10 bits per heavy atom. The van der Waals surface area contributed by atoms with E-state index in [1.165, 1.54) is 84.0 Å². The third-order valence-electron chi connectivity index (χ3n) is 6.08. The molecular formula is C19H38N2. The van der Waals surface area contributed by atoms with Gasteiger partial charge in [-0.15, -0.1) is 0 Å². The highest BCUT2D eigenvalue weighted by molar-refractivity contribution is 4.89. The first-order valence-corrected chi connectivity index (χ1v) is 9.54. The zero-order valence-corrected chi connectivity index (χ0v) is 14.8. The molecule has 0 aromatic heterocycles. The summed E-state index contributed by atoms with van der Waals surface area (Å²) in [5, 5.41) is 3.50. The Morgan fingerprint density at radius 3 is 2.52 bits per heavy atom. The molecular weight excluding hydrogens is 256 g/mol. The standard InChI is InChI=1S/C19H38N2/c1-4-6-18-7-5-13-21(14-10-18)16-19(15-20-3)11-8-17(2)9-12-19/h17-18,20H,4-16H2,1-3H3. The zero-order valence-electron chi connectivity index (χ0n) is 14.8. The van der Waals surface area contributed by atoms with Crippen molar-refractivity contribution in [3.63, 3.8) is 0 Å². The van der Waals surface area contributed by atoms with Gasteiger partial charge in [-0.05, 0) is 69.5 Å². The largest absolute Gasteiger partial charge is 0.319 e. The van der Waals surface area contributed by atoms with Crippen molar-refractivity contribution in [2.45, 2.75) is 71.6 Å². The molecule has 2 rings (SSSR count). The first kappa shape index (κ1) is 17.3. The van der Waals surface area contributed by atoms with E-state index in [2.05, 4.69) is 31.1 Å². The molecule has 1 saturated heterocycles. The highest BCUT2D eigenvalue weighted by Crippen LogP contribution is 2.39. The maximum Gasteiger partial charge on any atom is 0.00501 e. The molecule has 21 heavy (non-hydrogen) atoms. The SMILES string of the molecule is CCCC1CCCN(CC2(CNC)CCC(C)CC2)CC1. The summed E-state index contributed by atoms with van der Waals surface area (Å²) in [6, 6.07) is 0. The van der Waals surface area contributed by atoms with Crippen LogP contribution in [0.25, 0.3) is 0 Å². The van der Waals surface area contributed by atoms with Crippen LogP contribution in [0.2, 0.25) is 0 Å². The van der Waals surface area contributed by atoms with Crippen LogP contribution in [0.1, 0.15) is 71.6 Å². The van der Waals surface area contributed by atoms with Gasteiger partial charge in [0.2, 0.25) is 0 Å². The summed E-state index contributed by atoms with van der Waals surface area (Å²) in [5.74, 6) is 1.96. The van der Waals surface area contributed by atoms with Gasteiger partial charge >= 0.3 is 0 Å². The lowest BCUT2D eigenvalue weighted by Gasteiger charge is -2.42. The lowest BCUT2D eigenvalue weighted by molar-refractivity contribution is 0.0892. The van der Waals surface area contributed by atoms with Crippen LogP contribution in [-0.2, 0) is 0 Å². The van der Waals surface area contributed by atoms with Crippen LogP contribution in [0.5, 0.6) is 0 Å². The normalized spacial score (nSPS) is 35.6. The molecule has 2 fully saturated rings. The van der Waals surface area contributed by atoms with E-state index in [-0.39, 0.29) is 0 Å². The summed E-state index contributed by atoms with van der Waals surface area (Å²) in [5.41, 5.74) is 0.561. The number of hydrogen-bond donors (Lipinski definition) is 1. The van der Waals surface area contributed by atoms with Gasteiger partial charge in [0.25, 0.3) is 0 Å². The average molecular weight is 295 g/mol. The molecule has 0 spiro atoms. The van der Waals surface area contributed by atoms with Crippen LogP contribution in [0.15, 0.2) is 0 Å². The highest BCUT2D eigenvalue weighted by Gasteiger charge is 2.35. The second-order valence-electron chi connectivity index (χ2n) is 8.07. The molecule has 2 aliphatic rings. The molecule has 1 aliphatic carbocycles. The average Bonchev–Trinajstić information content (AvgIpc) is 2.69. The maximum absolute atomic E-state index is 3.50. The van der Waals surface area contributed by atoms with Crippen molar-refractivity contribution in [1.82, 2.24) is 10.2 Å². The highest BCUT2D eigenvalue weighted by atomic mass is 15.1. The van der Waals surface area contributed by atoms with E-state index in [1.807, 2.05) is 0 Å². The van der Waals surface area contributed by atoms with Crippen molar-refractivity contribution >= 4 is 0 Å². The van der Waals surface area contributed by atoms with E-state index in [1.54, 1.807) is 0 Å². The van der Waals surface area contributed by atoms with Crippen LogP contribution in [0.3, 0.4) is 0 Å².